The highest BCUT2D eigenvalue weighted by molar-refractivity contribution is 5.74. The molecule has 1 aromatic carbocycles. The number of hydrogen-bond acceptors (Lipinski definition) is 3. The van der Waals surface area contributed by atoms with Crippen LogP contribution in [-0.2, 0) is 6.54 Å². The Morgan fingerprint density at radius 2 is 2.12 bits per heavy atom. The van der Waals surface area contributed by atoms with Gasteiger partial charge in [0.15, 0.2) is 11.5 Å². The number of carbonyl (C=O) groups is 1. The average Bonchev–Trinajstić information content (AvgIpc) is 3.00. The Labute approximate surface area is 138 Å². The van der Waals surface area contributed by atoms with Gasteiger partial charge in [-0.2, -0.15) is 0 Å². The fourth-order valence-corrected chi connectivity index (χ4v) is 2.47. The highest BCUT2D eigenvalue weighted by Gasteiger charge is 2.15. The van der Waals surface area contributed by atoms with Gasteiger partial charge in [0.2, 0.25) is 0 Å². The third-order valence-electron chi connectivity index (χ3n) is 3.75. The van der Waals surface area contributed by atoms with Gasteiger partial charge in [0.1, 0.15) is 5.82 Å². The minimum absolute atomic E-state index is 0.254. The van der Waals surface area contributed by atoms with E-state index < -0.39 is 0 Å². The highest BCUT2D eigenvalue weighted by atomic mass is 19.1. The Hall–Kier alpha value is -2.96. The first-order chi connectivity index (χ1) is 11.5. The molecule has 0 radical (unpaired) electrons. The number of carbonyl (C=O) groups excluding carboxylic acids is 1. The molecule has 1 atom stereocenters. The quantitative estimate of drug-likeness (QED) is 0.774. The summed E-state index contributed by atoms with van der Waals surface area (Å²) in [6.07, 6.45) is 1.85. The Morgan fingerprint density at radius 1 is 1.29 bits per heavy atom. The van der Waals surface area contributed by atoms with Gasteiger partial charge in [-0.25, -0.2) is 9.18 Å². The van der Waals surface area contributed by atoms with Crippen molar-refractivity contribution in [3.8, 4) is 0 Å². The largest absolute Gasteiger partial charge is 0.334 e. The zero-order valence-corrected chi connectivity index (χ0v) is 13.5. The van der Waals surface area contributed by atoms with E-state index in [-0.39, 0.29) is 17.9 Å². The Balaban J connectivity index is 1.61. The van der Waals surface area contributed by atoms with Crippen LogP contribution in [0.1, 0.15) is 29.9 Å². The average molecular weight is 327 g/mol. The minimum atomic E-state index is -0.322. The molecule has 3 aromatic rings. The summed E-state index contributed by atoms with van der Waals surface area (Å²) in [5.41, 5.74) is 2.12. The van der Waals surface area contributed by atoms with Gasteiger partial charge in [-0.1, -0.05) is 18.2 Å². The van der Waals surface area contributed by atoms with E-state index in [1.807, 2.05) is 35.7 Å². The summed E-state index contributed by atoms with van der Waals surface area (Å²) in [7, 11) is 0. The van der Waals surface area contributed by atoms with Crippen LogP contribution in [-0.4, -0.2) is 20.6 Å². The molecule has 2 heterocycles. The molecule has 6 nitrogen and oxygen atoms in total. The second kappa shape index (κ2) is 6.66. The molecule has 0 saturated heterocycles. The first kappa shape index (κ1) is 15.9. The number of nitrogens with zero attached hydrogens (tertiary/aromatic N) is 3. The van der Waals surface area contributed by atoms with Crippen molar-refractivity contribution in [2.45, 2.75) is 26.4 Å². The fourth-order valence-electron chi connectivity index (χ4n) is 2.47. The number of benzene rings is 1. The lowest BCUT2D eigenvalue weighted by molar-refractivity contribution is 0.237. The third kappa shape index (κ3) is 3.34. The molecule has 0 aliphatic heterocycles. The van der Waals surface area contributed by atoms with Gasteiger partial charge < -0.3 is 10.6 Å². The van der Waals surface area contributed by atoms with Gasteiger partial charge in [0.05, 0.1) is 6.04 Å². The maximum Gasteiger partial charge on any atom is 0.315 e. The SMILES string of the molecule is Cc1cc(CNC(=O)N[C@H](C)c2nnc3ccccn23)ccc1F. The van der Waals surface area contributed by atoms with Crippen LogP contribution in [0.3, 0.4) is 0 Å². The lowest BCUT2D eigenvalue weighted by Gasteiger charge is -2.13. The Kier molecular flexibility index (Phi) is 4.41. The molecule has 2 aromatic heterocycles. The molecule has 124 valence electrons. The Morgan fingerprint density at radius 3 is 2.92 bits per heavy atom. The molecule has 3 rings (SSSR count). The van der Waals surface area contributed by atoms with Gasteiger partial charge >= 0.3 is 6.03 Å². The predicted octanol–water partition coefficient (Wildman–Crippen LogP) is 2.74. The summed E-state index contributed by atoms with van der Waals surface area (Å²) in [5.74, 6) is 0.397. The highest BCUT2D eigenvalue weighted by Crippen LogP contribution is 2.12. The maximum atomic E-state index is 13.2. The third-order valence-corrected chi connectivity index (χ3v) is 3.75. The number of amides is 2. The van der Waals surface area contributed by atoms with Crippen LogP contribution in [0.25, 0.3) is 5.65 Å². The topological polar surface area (TPSA) is 71.3 Å². The number of pyridine rings is 1. The van der Waals surface area contributed by atoms with Crippen molar-refractivity contribution in [2.24, 2.45) is 0 Å². The molecule has 0 fully saturated rings. The normalized spacial score (nSPS) is 12.1. The van der Waals surface area contributed by atoms with Crippen molar-refractivity contribution >= 4 is 11.7 Å². The molecule has 0 saturated carbocycles. The number of rotatable bonds is 4. The van der Waals surface area contributed by atoms with Gasteiger partial charge in [-0.15, -0.1) is 10.2 Å². The summed E-state index contributed by atoms with van der Waals surface area (Å²) in [6.45, 7) is 3.85. The molecular weight excluding hydrogens is 309 g/mol. The molecule has 24 heavy (non-hydrogen) atoms. The summed E-state index contributed by atoms with van der Waals surface area (Å²) < 4.78 is 15.1. The van der Waals surface area contributed by atoms with E-state index in [1.54, 1.807) is 19.1 Å². The second-order valence-electron chi connectivity index (χ2n) is 5.62. The first-order valence-electron chi connectivity index (χ1n) is 7.63. The van der Waals surface area contributed by atoms with Gasteiger partial charge in [-0.3, -0.25) is 4.40 Å². The molecule has 0 bridgehead atoms. The van der Waals surface area contributed by atoms with Crippen molar-refractivity contribution in [3.63, 3.8) is 0 Å². The molecule has 2 N–H and O–H groups in total. The lowest BCUT2D eigenvalue weighted by Crippen LogP contribution is -2.37. The summed E-state index contributed by atoms with van der Waals surface area (Å²) in [5, 5.41) is 13.8. The Bertz CT molecular complexity index is 876. The fraction of sp³-hybridized carbons (Fsp3) is 0.235. The van der Waals surface area contributed by atoms with Gasteiger partial charge in [0.25, 0.3) is 0 Å². The zero-order chi connectivity index (χ0) is 17.1. The number of hydrogen-bond donors (Lipinski definition) is 2. The van der Waals surface area contributed by atoms with Crippen molar-refractivity contribution < 1.29 is 9.18 Å². The van der Waals surface area contributed by atoms with Crippen LogP contribution >= 0.6 is 0 Å². The van der Waals surface area contributed by atoms with Crippen LogP contribution in [0, 0.1) is 12.7 Å². The van der Waals surface area contributed by atoms with E-state index in [1.165, 1.54) is 6.07 Å². The van der Waals surface area contributed by atoms with Gasteiger partial charge in [-0.05, 0) is 43.2 Å². The second-order valence-corrected chi connectivity index (χ2v) is 5.62. The molecule has 0 aliphatic carbocycles. The molecule has 0 aliphatic rings. The van der Waals surface area contributed by atoms with Crippen LogP contribution in [0.15, 0.2) is 42.6 Å². The standard InChI is InChI=1S/C17H18FN5O/c1-11-9-13(6-7-14(11)18)10-19-17(24)20-12(2)16-22-21-15-5-3-4-8-23(15)16/h3-9,12H,10H2,1-2H3,(H2,19,20,24)/t12-/m1/s1. The van der Waals surface area contributed by atoms with Crippen LogP contribution < -0.4 is 10.6 Å². The summed E-state index contributed by atoms with van der Waals surface area (Å²) >= 11 is 0. The summed E-state index contributed by atoms with van der Waals surface area (Å²) in [6, 6.07) is 9.74. The number of aromatic nitrogens is 3. The van der Waals surface area contributed by atoms with E-state index in [9.17, 15) is 9.18 Å². The van der Waals surface area contributed by atoms with Crippen molar-refractivity contribution in [3.05, 3.63) is 65.4 Å². The van der Waals surface area contributed by atoms with Crippen molar-refractivity contribution in [1.29, 1.82) is 0 Å². The maximum absolute atomic E-state index is 13.2. The molecular formula is C17H18FN5O. The first-order valence-corrected chi connectivity index (χ1v) is 7.63. The number of halogens is 1. The van der Waals surface area contributed by atoms with Crippen molar-refractivity contribution in [1.82, 2.24) is 25.2 Å². The number of aryl methyl sites for hydroxylation is 1. The monoisotopic (exact) mass is 327 g/mol. The van der Waals surface area contributed by atoms with E-state index in [0.717, 1.165) is 11.2 Å². The minimum Gasteiger partial charge on any atom is -0.334 e. The molecule has 7 heteroatoms. The summed E-state index contributed by atoms with van der Waals surface area (Å²) in [4.78, 5) is 12.1. The zero-order valence-electron chi connectivity index (χ0n) is 13.5. The van der Waals surface area contributed by atoms with Gasteiger partial charge in [0, 0.05) is 12.7 Å². The van der Waals surface area contributed by atoms with Crippen molar-refractivity contribution in [2.75, 3.05) is 0 Å². The molecule has 0 spiro atoms. The van der Waals surface area contributed by atoms with E-state index in [2.05, 4.69) is 20.8 Å². The predicted molar refractivity (Wildman–Crippen MR) is 87.9 cm³/mol. The number of urea groups is 1. The molecule has 2 amide bonds. The van der Waals surface area contributed by atoms with Crippen LogP contribution in [0.2, 0.25) is 0 Å². The number of fused-ring (bicyclic) bond motifs is 1. The lowest BCUT2D eigenvalue weighted by atomic mass is 10.1. The van der Waals surface area contributed by atoms with Crippen LogP contribution in [0.5, 0.6) is 0 Å². The van der Waals surface area contributed by atoms with E-state index >= 15 is 0 Å². The molecule has 0 unspecified atom stereocenters. The number of nitrogens with one attached hydrogen (secondary N) is 2. The van der Waals surface area contributed by atoms with E-state index in [4.69, 9.17) is 0 Å². The smallest absolute Gasteiger partial charge is 0.315 e. The van der Waals surface area contributed by atoms with Crippen LogP contribution in [0.4, 0.5) is 9.18 Å². The van der Waals surface area contributed by atoms with E-state index in [0.29, 0.717) is 17.9 Å².